The van der Waals surface area contributed by atoms with Crippen LogP contribution in [0.25, 0.3) is 44.2 Å². The highest BCUT2D eigenvalue weighted by Crippen LogP contribution is 2.36. The lowest BCUT2D eigenvalue weighted by Crippen LogP contribution is -2.08. The number of rotatable bonds is 19. The molecule has 0 aliphatic heterocycles. The van der Waals surface area contributed by atoms with E-state index in [0.717, 1.165) is 51.7 Å². The summed E-state index contributed by atoms with van der Waals surface area (Å²) in [5.41, 5.74) is 6.43. The minimum absolute atomic E-state index is 0.928. The lowest BCUT2D eigenvalue weighted by molar-refractivity contribution is 0.523. The van der Waals surface area contributed by atoms with Crippen LogP contribution >= 0.6 is 0 Å². The zero-order valence-electron chi connectivity index (χ0n) is 27.5. The molecule has 0 fully saturated rings. The van der Waals surface area contributed by atoms with Crippen molar-refractivity contribution in [1.82, 2.24) is 19.5 Å². The third-order valence-electron chi connectivity index (χ3n) is 9.19. The van der Waals surface area contributed by atoms with Crippen LogP contribution in [0.1, 0.15) is 110 Å². The minimum Gasteiger partial charge on any atom is -0.378 e. The first-order valence-electron chi connectivity index (χ1n) is 17.5. The summed E-state index contributed by atoms with van der Waals surface area (Å²) in [6, 6.07) is 17.2. The van der Waals surface area contributed by atoms with E-state index in [1.54, 1.807) is 0 Å². The zero-order valence-corrected chi connectivity index (χ0v) is 27.5. The molecule has 5 heteroatoms. The van der Waals surface area contributed by atoms with Crippen LogP contribution in [0, 0.1) is 0 Å². The minimum atomic E-state index is 0.928. The van der Waals surface area contributed by atoms with Crippen molar-refractivity contribution in [3.63, 3.8) is 0 Å². The Bertz CT molecular complexity index is 1580. The third kappa shape index (κ3) is 7.97. The van der Waals surface area contributed by atoms with E-state index >= 15 is 0 Å². The van der Waals surface area contributed by atoms with E-state index in [2.05, 4.69) is 66.9 Å². The SMILES string of the molecule is CCCCCCCCCCCCCCCCCCn1c(-c2ccc(N(C)C)cc2)nc2c3cccnc3c3ncccc3c21. The first-order chi connectivity index (χ1) is 21.7. The van der Waals surface area contributed by atoms with Crippen molar-refractivity contribution in [1.29, 1.82) is 0 Å². The number of fused-ring (bicyclic) bond motifs is 6. The molecule has 0 radical (unpaired) electrons. The molecule has 0 saturated carbocycles. The van der Waals surface area contributed by atoms with E-state index in [4.69, 9.17) is 15.0 Å². The van der Waals surface area contributed by atoms with Crippen molar-refractivity contribution in [2.75, 3.05) is 19.0 Å². The molecular weight excluding hydrogens is 538 g/mol. The summed E-state index contributed by atoms with van der Waals surface area (Å²) >= 11 is 0. The molecule has 44 heavy (non-hydrogen) atoms. The van der Waals surface area contributed by atoms with E-state index in [0.29, 0.717) is 0 Å². The number of imidazole rings is 1. The lowest BCUT2D eigenvalue weighted by Gasteiger charge is -2.14. The van der Waals surface area contributed by atoms with Gasteiger partial charge in [-0.1, -0.05) is 103 Å². The highest BCUT2D eigenvalue weighted by Gasteiger charge is 2.19. The lowest BCUT2D eigenvalue weighted by atomic mass is 10.0. The molecule has 0 spiro atoms. The molecule has 0 amide bonds. The Morgan fingerprint density at radius 2 is 1.07 bits per heavy atom. The summed E-state index contributed by atoms with van der Waals surface area (Å²) in [6.07, 6.45) is 25.8. The first-order valence-corrected chi connectivity index (χ1v) is 17.5. The van der Waals surface area contributed by atoms with Gasteiger partial charge >= 0.3 is 0 Å². The standard InChI is InChI=1S/C39H53N5/c1-4-5-6-7-8-9-10-11-12-13-14-15-16-17-18-19-30-44-38-34-23-21-29-41-36(34)35-33(22-20-28-40-35)37(38)42-39(44)31-24-26-32(27-25-31)43(2)3/h20-29H,4-19,30H2,1-3H3. The predicted molar refractivity (Wildman–Crippen MR) is 190 cm³/mol. The van der Waals surface area contributed by atoms with Crippen molar-refractivity contribution in [2.24, 2.45) is 0 Å². The fraction of sp³-hybridized carbons (Fsp3) is 0.513. The van der Waals surface area contributed by atoms with Gasteiger partial charge in [-0.05, 0) is 55.0 Å². The first kappa shape index (κ1) is 31.9. The third-order valence-corrected chi connectivity index (χ3v) is 9.19. The van der Waals surface area contributed by atoms with Gasteiger partial charge < -0.3 is 9.47 Å². The summed E-state index contributed by atoms with van der Waals surface area (Å²) in [4.78, 5) is 17.0. The second-order valence-corrected chi connectivity index (χ2v) is 12.8. The monoisotopic (exact) mass is 591 g/mol. The quantitative estimate of drug-likeness (QED) is 0.0708. The second-order valence-electron chi connectivity index (χ2n) is 12.8. The highest BCUT2D eigenvalue weighted by atomic mass is 15.1. The molecule has 234 valence electrons. The van der Waals surface area contributed by atoms with Gasteiger partial charge in [0.15, 0.2) is 0 Å². The Morgan fingerprint density at radius 3 is 1.61 bits per heavy atom. The van der Waals surface area contributed by atoms with Gasteiger partial charge in [0.1, 0.15) is 5.82 Å². The summed E-state index contributed by atoms with van der Waals surface area (Å²) < 4.78 is 2.46. The Balaban J connectivity index is 1.20. The Hall–Kier alpha value is -3.47. The molecule has 0 atom stereocenters. The molecule has 0 unspecified atom stereocenters. The number of aromatic nitrogens is 4. The summed E-state index contributed by atoms with van der Waals surface area (Å²) in [6.45, 7) is 3.25. The van der Waals surface area contributed by atoms with E-state index in [-0.39, 0.29) is 0 Å². The molecule has 0 N–H and O–H groups in total. The number of nitrogens with zero attached hydrogens (tertiary/aromatic N) is 5. The number of unbranched alkanes of at least 4 members (excludes halogenated alkanes) is 15. The molecule has 5 aromatic rings. The molecular formula is C39H53N5. The van der Waals surface area contributed by atoms with Gasteiger partial charge in [-0.2, -0.15) is 0 Å². The topological polar surface area (TPSA) is 46.8 Å². The maximum absolute atomic E-state index is 5.31. The second kappa shape index (κ2) is 16.6. The number of pyridine rings is 2. The summed E-state index contributed by atoms with van der Waals surface area (Å²) in [7, 11) is 4.17. The highest BCUT2D eigenvalue weighted by molar-refractivity contribution is 6.21. The molecule has 3 heterocycles. The van der Waals surface area contributed by atoms with Crippen molar-refractivity contribution >= 4 is 38.5 Å². The van der Waals surface area contributed by atoms with Gasteiger partial charge in [0.2, 0.25) is 0 Å². The van der Waals surface area contributed by atoms with Crippen LogP contribution in [-0.4, -0.2) is 33.6 Å². The maximum atomic E-state index is 5.31. The number of aryl methyl sites for hydroxylation is 1. The van der Waals surface area contributed by atoms with Crippen molar-refractivity contribution in [3.8, 4) is 11.4 Å². The number of anilines is 1. The van der Waals surface area contributed by atoms with Gasteiger partial charge in [-0.15, -0.1) is 0 Å². The average Bonchev–Trinajstić information content (AvgIpc) is 3.44. The molecule has 0 aliphatic rings. The van der Waals surface area contributed by atoms with Gasteiger partial charge in [0.05, 0.1) is 22.1 Å². The molecule has 3 aromatic heterocycles. The molecule has 5 nitrogen and oxygen atoms in total. The summed E-state index contributed by atoms with van der Waals surface area (Å²) in [5.74, 6) is 1.03. The smallest absolute Gasteiger partial charge is 0.141 e. The van der Waals surface area contributed by atoms with Crippen LogP contribution < -0.4 is 4.90 Å². The molecule has 0 bridgehead atoms. The molecule has 0 saturated heterocycles. The Morgan fingerprint density at radius 1 is 0.568 bits per heavy atom. The molecule has 0 aliphatic carbocycles. The fourth-order valence-corrected chi connectivity index (χ4v) is 6.65. The number of hydrogen-bond donors (Lipinski definition) is 0. The van der Waals surface area contributed by atoms with Crippen LogP contribution in [0.4, 0.5) is 5.69 Å². The van der Waals surface area contributed by atoms with Crippen molar-refractivity contribution in [2.45, 2.75) is 116 Å². The van der Waals surface area contributed by atoms with E-state index in [1.165, 1.54) is 108 Å². The Labute approximate surface area is 265 Å². The van der Waals surface area contributed by atoms with Gasteiger partial charge in [-0.25, -0.2) is 4.98 Å². The predicted octanol–water partition coefficient (Wildman–Crippen LogP) is 11.1. The van der Waals surface area contributed by atoms with Gasteiger partial charge in [0, 0.05) is 55.1 Å². The maximum Gasteiger partial charge on any atom is 0.141 e. The van der Waals surface area contributed by atoms with Crippen LogP contribution in [0.5, 0.6) is 0 Å². The van der Waals surface area contributed by atoms with Crippen LogP contribution in [0.2, 0.25) is 0 Å². The van der Waals surface area contributed by atoms with Crippen LogP contribution in [0.15, 0.2) is 60.9 Å². The largest absolute Gasteiger partial charge is 0.378 e. The summed E-state index contributed by atoms with van der Waals surface area (Å²) in [5, 5.41) is 2.21. The average molecular weight is 592 g/mol. The fourth-order valence-electron chi connectivity index (χ4n) is 6.65. The van der Waals surface area contributed by atoms with Crippen LogP contribution in [0.3, 0.4) is 0 Å². The van der Waals surface area contributed by atoms with Crippen LogP contribution in [-0.2, 0) is 6.54 Å². The number of hydrogen-bond acceptors (Lipinski definition) is 4. The zero-order chi connectivity index (χ0) is 30.6. The van der Waals surface area contributed by atoms with Crippen molar-refractivity contribution in [3.05, 3.63) is 60.9 Å². The number of benzene rings is 2. The van der Waals surface area contributed by atoms with E-state index in [1.807, 2.05) is 24.5 Å². The Kier molecular flexibility index (Phi) is 12.0. The van der Waals surface area contributed by atoms with Gasteiger partial charge in [0.25, 0.3) is 0 Å². The van der Waals surface area contributed by atoms with E-state index < -0.39 is 0 Å². The molecule has 2 aromatic carbocycles. The van der Waals surface area contributed by atoms with Gasteiger partial charge in [-0.3, -0.25) is 9.97 Å². The normalized spacial score (nSPS) is 11.7. The molecule has 5 rings (SSSR count). The van der Waals surface area contributed by atoms with Crippen molar-refractivity contribution < 1.29 is 0 Å². The van der Waals surface area contributed by atoms with E-state index in [9.17, 15) is 0 Å².